The molecular formula is C17H15FN2O2. The molecular weight excluding hydrogens is 283 g/mol. The number of ether oxygens (including phenoxy) is 1. The summed E-state index contributed by atoms with van der Waals surface area (Å²) in [6.07, 6.45) is 1.48. The number of hydrazone groups is 1. The van der Waals surface area contributed by atoms with Gasteiger partial charge in [-0.05, 0) is 23.3 Å². The third-order valence-electron chi connectivity index (χ3n) is 3.44. The molecule has 4 nitrogen and oxygen atoms in total. The molecule has 1 aliphatic carbocycles. The average Bonchev–Trinajstić information content (AvgIpc) is 2.95. The molecule has 0 aliphatic heterocycles. The molecule has 0 aromatic heterocycles. The third kappa shape index (κ3) is 3.31. The van der Waals surface area contributed by atoms with E-state index in [1.165, 1.54) is 23.3 Å². The Morgan fingerprint density at radius 3 is 2.41 bits per heavy atom. The highest BCUT2D eigenvalue weighted by molar-refractivity contribution is 5.93. The summed E-state index contributed by atoms with van der Waals surface area (Å²) in [7, 11) is 0. The smallest absolute Gasteiger partial charge is 0.277 e. The van der Waals surface area contributed by atoms with Crippen LogP contribution in [-0.2, 0) is 17.6 Å². The Hall–Kier alpha value is -2.69. The molecule has 0 unspecified atom stereocenters. The van der Waals surface area contributed by atoms with E-state index in [0.717, 1.165) is 18.6 Å². The first-order valence-corrected chi connectivity index (χ1v) is 7.01. The van der Waals surface area contributed by atoms with Crippen LogP contribution in [-0.4, -0.2) is 18.2 Å². The fourth-order valence-corrected chi connectivity index (χ4v) is 2.36. The van der Waals surface area contributed by atoms with Crippen molar-refractivity contribution in [1.29, 1.82) is 0 Å². The predicted octanol–water partition coefficient (Wildman–Crippen LogP) is 2.48. The zero-order valence-corrected chi connectivity index (χ0v) is 11.9. The van der Waals surface area contributed by atoms with E-state index in [-0.39, 0.29) is 12.4 Å². The topological polar surface area (TPSA) is 50.7 Å². The number of amides is 1. The van der Waals surface area contributed by atoms with Crippen LogP contribution in [0.3, 0.4) is 0 Å². The van der Waals surface area contributed by atoms with Crippen molar-refractivity contribution in [2.75, 3.05) is 6.61 Å². The van der Waals surface area contributed by atoms with E-state index in [0.29, 0.717) is 0 Å². The molecule has 0 heterocycles. The molecule has 1 aliphatic rings. The summed E-state index contributed by atoms with van der Waals surface area (Å²) in [5.41, 5.74) is 5.82. The average molecular weight is 298 g/mol. The van der Waals surface area contributed by atoms with Gasteiger partial charge in [-0.2, -0.15) is 5.10 Å². The summed E-state index contributed by atoms with van der Waals surface area (Å²) in [5, 5.41) is 4.12. The molecule has 1 amide bonds. The van der Waals surface area contributed by atoms with Gasteiger partial charge in [-0.3, -0.25) is 4.79 Å². The number of benzene rings is 2. The molecule has 0 saturated carbocycles. The minimum atomic E-state index is -0.493. The first-order chi connectivity index (χ1) is 10.7. The lowest BCUT2D eigenvalue weighted by Crippen LogP contribution is -2.26. The number of hydrogen-bond acceptors (Lipinski definition) is 3. The number of para-hydroxylation sites is 1. The van der Waals surface area contributed by atoms with Crippen LogP contribution < -0.4 is 10.2 Å². The van der Waals surface area contributed by atoms with Crippen molar-refractivity contribution in [3.8, 4) is 5.75 Å². The van der Waals surface area contributed by atoms with Crippen LogP contribution in [0, 0.1) is 5.82 Å². The van der Waals surface area contributed by atoms with Crippen LogP contribution in [0.1, 0.15) is 11.1 Å². The minimum Gasteiger partial charge on any atom is -0.481 e. The summed E-state index contributed by atoms with van der Waals surface area (Å²) in [6, 6.07) is 14.1. The van der Waals surface area contributed by atoms with E-state index < -0.39 is 11.7 Å². The Morgan fingerprint density at radius 1 is 1.09 bits per heavy atom. The molecule has 2 aromatic carbocycles. The number of carbonyl (C=O) groups excluding carboxylic acids is 1. The molecule has 0 saturated heterocycles. The van der Waals surface area contributed by atoms with Crippen LogP contribution in [0.15, 0.2) is 53.6 Å². The molecule has 112 valence electrons. The SMILES string of the molecule is O=C(COc1ccccc1F)NN=C1Cc2ccccc2C1. The van der Waals surface area contributed by atoms with E-state index in [1.54, 1.807) is 12.1 Å². The quantitative estimate of drug-likeness (QED) is 0.882. The standard InChI is InChI=1S/C17H15FN2O2/c18-15-7-3-4-8-16(15)22-11-17(21)20-19-14-9-12-5-1-2-6-13(12)10-14/h1-8H,9-11H2,(H,20,21). The van der Waals surface area contributed by atoms with Gasteiger partial charge in [-0.15, -0.1) is 0 Å². The van der Waals surface area contributed by atoms with E-state index >= 15 is 0 Å². The molecule has 22 heavy (non-hydrogen) atoms. The summed E-state index contributed by atoms with van der Waals surface area (Å²) in [5.74, 6) is -0.849. The van der Waals surface area contributed by atoms with Crippen molar-refractivity contribution in [1.82, 2.24) is 5.43 Å². The van der Waals surface area contributed by atoms with Crippen LogP contribution in [0.5, 0.6) is 5.75 Å². The number of nitrogens with zero attached hydrogens (tertiary/aromatic N) is 1. The van der Waals surface area contributed by atoms with Crippen molar-refractivity contribution in [3.05, 3.63) is 65.5 Å². The van der Waals surface area contributed by atoms with E-state index in [1.807, 2.05) is 12.1 Å². The van der Waals surface area contributed by atoms with Crippen LogP contribution in [0.25, 0.3) is 0 Å². The molecule has 0 radical (unpaired) electrons. The van der Waals surface area contributed by atoms with Gasteiger partial charge in [-0.1, -0.05) is 36.4 Å². The highest BCUT2D eigenvalue weighted by Crippen LogP contribution is 2.19. The molecule has 0 atom stereocenters. The van der Waals surface area contributed by atoms with Crippen LogP contribution in [0.2, 0.25) is 0 Å². The molecule has 0 bridgehead atoms. The van der Waals surface area contributed by atoms with Gasteiger partial charge >= 0.3 is 0 Å². The van der Waals surface area contributed by atoms with Gasteiger partial charge in [0.25, 0.3) is 5.91 Å². The van der Waals surface area contributed by atoms with E-state index in [9.17, 15) is 9.18 Å². The summed E-state index contributed by atoms with van der Waals surface area (Å²) in [4.78, 5) is 11.7. The Balaban J connectivity index is 1.51. The summed E-state index contributed by atoms with van der Waals surface area (Å²) in [6.45, 7) is -0.273. The minimum absolute atomic E-state index is 0.0542. The second-order valence-electron chi connectivity index (χ2n) is 5.05. The molecule has 1 N–H and O–H groups in total. The lowest BCUT2D eigenvalue weighted by molar-refractivity contribution is -0.123. The summed E-state index contributed by atoms with van der Waals surface area (Å²) < 4.78 is 18.5. The molecule has 0 spiro atoms. The Kier molecular flexibility index (Phi) is 4.14. The molecule has 2 aromatic rings. The van der Waals surface area contributed by atoms with Crippen LogP contribution >= 0.6 is 0 Å². The van der Waals surface area contributed by atoms with Crippen molar-refractivity contribution in [2.45, 2.75) is 12.8 Å². The van der Waals surface area contributed by atoms with Crippen molar-refractivity contribution in [3.63, 3.8) is 0 Å². The first kappa shape index (κ1) is 14.3. The molecule has 5 heteroatoms. The second kappa shape index (κ2) is 6.39. The van der Waals surface area contributed by atoms with E-state index in [2.05, 4.69) is 22.7 Å². The number of nitrogens with one attached hydrogen (secondary N) is 1. The summed E-state index contributed by atoms with van der Waals surface area (Å²) >= 11 is 0. The first-order valence-electron chi connectivity index (χ1n) is 7.01. The number of rotatable bonds is 4. The van der Waals surface area contributed by atoms with Crippen molar-refractivity contribution < 1.29 is 13.9 Å². The zero-order chi connectivity index (χ0) is 15.4. The maximum atomic E-state index is 13.3. The Morgan fingerprint density at radius 2 is 1.73 bits per heavy atom. The van der Waals surface area contributed by atoms with Crippen molar-refractivity contribution >= 4 is 11.6 Å². The van der Waals surface area contributed by atoms with Gasteiger partial charge in [0.1, 0.15) is 0 Å². The highest BCUT2D eigenvalue weighted by Gasteiger charge is 2.16. The van der Waals surface area contributed by atoms with Gasteiger partial charge < -0.3 is 4.74 Å². The van der Waals surface area contributed by atoms with Gasteiger partial charge in [-0.25, -0.2) is 9.82 Å². The number of halogens is 1. The van der Waals surface area contributed by atoms with Gasteiger partial charge in [0.2, 0.25) is 0 Å². The maximum absolute atomic E-state index is 13.3. The second-order valence-corrected chi connectivity index (χ2v) is 5.05. The molecule has 3 rings (SSSR count). The fourth-order valence-electron chi connectivity index (χ4n) is 2.36. The largest absolute Gasteiger partial charge is 0.481 e. The van der Waals surface area contributed by atoms with Gasteiger partial charge in [0.15, 0.2) is 18.2 Å². The van der Waals surface area contributed by atoms with Crippen LogP contribution in [0.4, 0.5) is 4.39 Å². The van der Waals surface area contributed by atoms with Gasteiger partial charge in [0.05, 0.1) is 0 Å². The van der Waals surface area contributed by atoms with E-state index in [4.69, 9.17) is 4.74 Å². The maximum Gasteiger partial charge on any atom is 0.277 e. The lowest BCUT2D eigenvalue weighted by Gasteiger charge is -2.06. The lowest BCUT2D eigenvalue weighted by atomic mass is 10.1. The fraction of sp³-hybridized carbons (Fsp3) is 0.176. The zero-order valence-electron chi connectivity index (χ0n) is 11.9. The Bertz CT molecular complexity index is 701. The molecule has 0 fully saturated rings. The third-order valence-corrected chi connectivity index (χ3v) is 3.44. The van der Waals surface area contributed by atoms with Gasteiger partial charge in [0, 0.05) is 18.6 Å². The highest BCUT2D eigenvalue weighted by atomic mass is 19.1. The number of carbonyl (C=O) groups is 1. The Labute approximate surface area is 127 Å². The monoisotopic (exact) mass is 298 g/mol. The van der Waals surface area contributed by atoms with Crippen molar-refractivity contribution in [2.24, 2.45) is 5.10 Å². The predicted molar refractivity (Wildman–Crippen MR) is 81.3 cm³/mol. The normalized spacial score (nSPS) is 12.7. The number of hydrogen-bond donors (Lipinski definition) is 1. The number of fused-ring (bicyclic) bond motifs is 1.